The molecule has 1 saturated carbocycles. The van der Waals surface area contributed by atoms with Crippen molar-refractivity contribution in [1.29, 1.82) is 0 Å². The van der Waals surface area contributed by atoms with E-state index in [1.807, 2.05) is 19.1 Å². The summed E-state index contributed by atoms with van der Waals surface area (Å²) >= 11 is 0. The highest BCUT2D eigenvalue weighted by Crippen LogP contribution is 2.38. The number of ether oxygens (including phenoxy) is 1. The van der Waals surface area contributed by atoms with E-state index in [1.54, 1.807) is 0 Å². The van der Waals surface area contributed by atoms with E-state index in [-0.39, 0.29) is 0 Å². The minimum Gasteiger partial charge on any atom is -0.494 e. The van der Waals surface area contributed by atoms with Crippen LogP contribution in [0.25, 0.3) is 0 Å². The quantitative estimate of drug-likeness (QED) is 0.846. The lowest BCUT2D eigenvalue weighted by molar-refractivity contribution is 0.340. The lowest BCUT2D eigenvalue weighted by Crippen LogP contribution is -2.17. The number of nitrogens with one attached hydrogen (secondary N) is 1. The molecule has 17 heavy (non-hydrogen) atoms. The van der Waals surface area contributed by atoms with Crippen molar-refractivity contribution in [2.75, 3.05) is 11.9 Å². The zero-order valence-electron chi connectivity index (χ0n) is 11.1. The molecule has 94 valence electrons. The van der Waals surface area contributed by atoms with Crippen LogP contribution in [0.2, 0.25) is 0 Å². The van der Waals surface area contributed by atoms with Crippen LogP contribution in [0.1, 0.15) is 40.0 Å². The van der Waals surface area contributed by atoms with Crippen molar-refractivity contribution in [2.24, 2.45) is 5.41 Å². The summed E-state index contributed by atoms with van der Waals surface area (Å²) in [6.07, 6.45) is 3.86. The smallest absolute Gasteiger partial charge is 0.119 e. The Morgan fingerprint density at radius 3 is 2.53 bits per heavy atom. The van der Waals surface area contributed by atoms with Gasteiger partial charge in [-0.05, 0) is 55.9 Å². The second-order valence-corrected chi connectivity index (χ2v) is 5.71. The predicted molar refractivity (Wildman–Crippen MR) is 72.7 cm³/mol. The molecule has 1 fully saturated rings. The molecule has 0 aromatic heterocycles. The molecule has 0 heterocycles. The third-order valence-corrected chi connectivity index (χ3v) is 3.50. The van der Waals surface area contributed by atoms with Crippen LogP contribution in [0, 0.1) is 5.41 Å². The molecule has 0 saturated heterocycles. The third kappa shape index (κ3) is 3.39. The van der Waals surface area contributed by atoms with Crippen molar-refractivity contribution in [3.63, 3.8) is 0 Å². The summed E-state index contributed by atoms with van der Waals surface area (Å²) in [7, 11) is 0. The highest BCUT2D eigenvalue weighted by atomic mass is 16.5. The summed E-state index contributed by atoms with van der Waals surface area (Å²) in [5.74, 6) is 0.949. The topological polar surface area (TPSA) is 21.3 Å². The van der Waals surface area contributed by atoms with Gasteiger partial charge in [0.2, 0.25) is 0 Å². The Morgan fingerprint density at radius 1 is 1.29 bits per heavy atom. The SMILES string of the molecule is CCOc1ccc(NC2CCC(C)(C)C2)cc1. The van der Waals surface area contributed by atoms with Gasteiger partial charge in [0.15, 0.2) is 0 Å². The fourth-order valence-electron chi connectivity index (χ4n) is 2.61. The van der Waals surface area contributed by atoms with E-state index in [2.05, 4.69) is 31.3 Å². The van der Waals surface area contributed by atoms with Gasteiger partial charge in [-0.2, -0.15) is 0 Å². The molecule has 0 aliphatic heterocycles. The molecule has 1 atom stereocenters. The van der Waals surface area contributed by atoms with Crippen LogP contribution in [0.4, 0.5) is 5.69 Å². The summed E-state index contributed by atoms with van der Waals surface area (Å²) in [6, 6.07) is 8.91. The van der Waals surface area contributed by atoms with Gasteiger partial charge in [-0.25, -0.2) is 0 Å². The molecule has 1 aliphatic carbocycles. The normalized spacial score (nSPS) is 22.4. The van der Waals surface area contributed by atoms with E-state index in [0.29, 0.717) is 11.5 Å². The molecule has 0 radical (unpaired) electrons. The molecule has 2 heteroatoms. The van der Waals surface area contributed by atoms with Crippen LogP contribution >= 0.6 is 0 Å². The lowest BCUT2D eigenvalue weighted by Gasteiger charge is -2.18. The van der Waals surface area contributed by atoms with Gasteiger partial charge in [-0.1, -0.05) is 13.8 Å². The first kappa shape index (κ1) is 12.3. The second-order valence-electron chi connectivity index (χ2n) is 5.71. The van der Waals surface area contributed by atoms with Gasteiger partial charge in [0.1, 0.15) is 5.75 Å². The van der Waals surface area contributed by atoms with Gasteiger partial charge < -0.3 is 10.1 Å². The van der Waals surface area contributed by atoms with E-state index >= 15 is 0 Å². The Kier molecular flexibility index (Phi) is 3.60. The van der Waals surface area contributed by atoms with Gasteiger partial charge in [0.05, 0.1) is 6.61 Å². The monoisotopic (exact) mass is 233 g/mol. The molecule has 1 aromatic rings. The molecule has 0 bridgehead atoms. The molecule has 1 aromatic carbocycles. The first-order chi connectivity index (χ1) is 8.09. The van der Waals surface area contributed by atoms with E-state index in [1.165, 1.54) is 24.9 Å². The zero-order valence-corrected chi connectivity index (χ0v) is 11.1. The van der Waals surface area contributed by atoms with Crippen LogP contribution in [0.3, 0.4) is 0 Å². The molecule has 2 nitrogen and oxygen atoms in total. The minimum atomic E-state index is 0.503. The number of rotatable bonds is 4. The van der Waals surface area contributed by atoms with Crippen molar-refractivity contribution < 1.29 is 4.74 Å². The average Bonchev–Trinajstić information content (AvgIpc) is 2.61. The first-order valence-electron chi connectivity index (χ1n) is 6.58. The molecule has 1 aliphatic rings. The highest BCUT2D eigenvalue weighted by Gasteiger charge is 2.30. The Balaban J connectivity index is 1.91. The van der Waals surface area contributed by atoms with E-state index < -0.39 is 0 Å². The lowest BCUT2D eigenvalue weighted by atomic mass is 9.92. The summed E-state index contributed by atoms with van der Waals surface area (Å²) in [6.45, 7) is 7.44. The molecule has 1 unspecified atom stereocenters. The van der Waals surface area contributed by atoms with Crippen LogP contribution < -0.4 is 10.1 Å². The van der Waals surface area contributed by atoms with Crippen LogP contribution in [0.5, 0.6) is 5.75 Å². The highest BCUT2D eigenvalue weighted by molar-refractivity contribution is 5.47. The van der Waals surface area contributed by atoms with Gasteiger partial charge in [-0.3, -0.25) is 0 Å². The fraction of sp³-hybridized carbons (Fsp3) is 0.600. The number of hydrogen-bond acceptors (Lipinski definition) is 2. The van der Waals surface area contributed by atoms with E-state index in [4.69, 9.17) is 4.74 Å². The van der Waals surface area contributed by atoms with Crippen molar-refractivity contribution in [1.82, 2.24) is 0 Å². The summed E-state index contributed by atoms with van der Waals surface area (Å²) < 4.78 is 5.44. The van der Waals surface area contributed by atoms with Crippen molar-refractivity contribution in [2.45, 2.75) is 46.1 Å². The van der Waals surface area contributed by atoms with Crippen LogP contribution in [0.15, 0.2) is 24.3 Å². The van der Waals surface area contributed by atoms with Crippen LogP contribution in [-0.2, 0) is 0 Å². The maximum absolute atomic E-state index is 5.44. The van der Waals surface area contributed by atoms with E-state index in [9.17, 15) is 0 Å². The molecule has 1 N–H and O–H groups in total. The molecular formula is C15H23NO. The standard InChI is InChI=1S/C15H23NO/c1-4-17-14-7-5-12(6-8-14)16-13-9-10-15(2,3)11-13/h5-8,13,16H,4,9-11H2,1-3H3. The van der Waals surface area contributed by atoms with Crippen molar-refractivity contribution in [3.05, 3.63) is 24.3 Å². The summed E-state index contributed by atoms with van der Waals surface area (Å²) in [5, 5.41) is 3.61. The Labute approximate surface area is 104 Å². The number of anilines is 1. The molecule has 0 amide bonds. The fourth-order valence-corrected chi connectivity index (χ4v) is 2.61. The first-order valence-corrected chi connectivity index (χ1v) is 6.58. The third-order valence-electron chi connectivity index (χ3n) is 3.50. The van der Waals surface area contributed by atoms with Gasteiger partial charge in [-0.15, -0.1) is 0 Å². The number of hydrogen-bond donors (Lipinski definition) is 1. The number of benzene rings is 1. The van der Waals surface area contributed by atoms with Crippen LogP contribution in [-0.4, -0.2) is 12.6 Å². The largest absolute Gasteiger partial charge is 0.494 e. The van der Waals surface area contributed by atoms with Crippen molar-refractivity contribution in [3.8, 4) is 5.75 Å². The average molecular weight is 233 g/mol. The minimum absolute atomic E-state index is 0.503. The van der Waals surface area contributed by atoms with Gasteiger partial charge in [0, 0.05) is 11.7 Å². The van der Waals surface area contributed by atoms with Gasteiger partial charge >= 0.3 is 0 Å². The zero-order chi connectivity index (χ0) is 12.3. The Bertz CT molecular complexity index is 356. The second kappa shape index (κ2) is 4.99. The maximum atomic E-state index is 5.44. The van der Waals surface area contributed by atoms with Gasteiger partial charge in [0.25, 0.3) is 0 Å². The molecular weight excluding hydrogens is 210 g/mol. The summed E-state index contributed by atoms with van der Waals surface area (Å²) in [5.41, 5.74) is 1.71. The Morgan fingerprint density at radius 2 is 2.00 bits per heavy atom. The summed E-state index contributed by atoms with van der Waals surface area (Å²) in [4.78, 5) is 0. The molecule has 2 rings (SSSR count). The van der Waals surface area contributed by atoms with E-state index in [0.717, 1.165) is 12.4 Å². The predicted octanol–water partition coefficient (Wildman–Crippen LogP) is 4.08. The maximum Gasteiger partial charge on any atom is 0.119 e. The Hall–Kier alpha value is -1.18. The van der Waals surface area contributed by atoms with Crippen molar-refractivity contribution >= 4 is 5.69 Å². The molecule has 0 spiro atoms.